The predicted molar refractivity (Wildman–Crippen MR) is 232 cm³/mol. The van der Waals surface area contributed by atoms with Crippen LogP contribution in [-0.4, -0.2) is 46.9 Å². The van der Waals surface area contributed by atoms with E-state index in [0.29, 0.717) is 25.7 Å². The van der Waals surface area contributed by atoms with Gasteiger partial charge in [0, 0.05) is 6.42 Å². The Labute approximate surface area is 333 Å². The highest BCUT2D eigenvalue weighted by atomic mass is 16.5. The summed E-state index contributed by atoms with van der Waals surface area (Å²) < 4.78 is 5.85. The molecule has 6 heteroatoms. The van der Waals surface area contributed by atoms with Gasteiger partial charge in [-0.2, -0.15) is 0 Å². The molecule has 0 aromatic carbocycles. The number of aliphatic hydroxyl groups is 2. The number of allylic oxidation sites excluding steroid dienone is 10. The molecule has 0 aromatic rings. The lowest BCUT2D eigenvalue weighted by Crippen LogP contribution is -2.46. The van der Waals surface area contributed by atoms with E-state index < -0.39 is 18.2 Å². The van der Waals surface area contributed by atoms with Crippen molar-refractivity contribution in [3.63, 3.8) is 0 Å². The van der Waals surface area contributed by atoms with Gasteiger partial charge in [-0.1, -0.05) is 216 Å². The van der Waals surface area contributed by atoms with Gasteiger partial charge in [-0.15, -0.1) is 0 Å². The van der Waals surface area contributed by atoms with Crippen LogP contribution in [0.2, 0.25) is 0 Å². The normalized spacial score (nSPS) is 13.9. The molecule has 0 fully saturated rings. The van der Waals surface area contributed by atoms with Crippen LogP contribution in [0.25, 0.3) is 0 Å². The van der Waals surface area contributed by atoms with Crippen molar-refractivity contribution < 1.29 is 24.5 Å². The van der Waals surface area contributed by atoms with E-state index in [0.717, 1.165) is 51.4 Å². The SMILES string of the molecule is CC/C=C/C=C/C=C\C=C/C=C/CCCC(=O)OC(CCCCCCCCCCCC)CC(=O)NC(CO)C(O)CCCCCCCCCCCCCC. The van der Waals surface area contributed by atoms with Crippen LogP contribution >= 0.6 is 0 Å². The highest BCUT2D eigenvalue weighted by molar-refractivity contribution is 5.77. The highest BCUT2D eigenvalue weighted by Crippen LogP contribution is 2.17. The summed E-state index contributed by atoms with van der Waals surface area (Å²) in [6, 6.07) is -0.713. The van der Waals surface area contributed by atoms with Gasteiger partial charge in [0.25, 0.3) is 0 Å². The zero-order valence-corrected chi connectivity index (χ0v) is 35.3. The quantitative estimate of drug-likeness (QED) is 0.0330. The fourth-order valence-electron chi connectivity index (χ4n) is 6.58. The average molecular weight is 756 g/mol. The molecular formula is C48H85NO5. The maximum Gasteiger partial charge on any atom is 0.306 e. The molecule has 6 nitrogen and oxygen atoms in total. The molecule has 0 saturated heterocycles. The van der Waals surface area contributed by atoms with Crippen molar-refractivity contribution in [1.29, 1.82) is 0 Å². The lowest BCUT2D eigenvalue weighted by molar-refractivity contribution is -0.151. The third-order valence-corrected chi connectivity index (χ3v) is 9.99. The molecule has 1 amide bonds. The largest absolute Gasteiger partial charge is 0.462 e. The third kappa shape index (κ3) is 36.5. The minimum atomic E-state index is -0.797. The monoisotopic (exact) mass is 756 g/mol. The minimum absolute atomic E-state index is 0.0489. The van der Waals surface area contributed by atoms with Crippen molar-refractivity contribution >= 4 is 11.9 Å². The van der Waals surface area contributed by atoms with E-state index in [2.05, 4.69) is 32.2 Å². The maximum atomic E-state index is 13.1. The number of rotatable bonds is 39. The van der Waals surface area contributed by atoms with Crippen molar-refractivity contribution in [2.75, 3.05) is 6.61 Å². The van der Waals surface area contributed by atoms with Crippen LogP contribution in [0.4, 0.5) is 0 Å². The molecule has 0 aliphatic heterocycles. The number of carbonyl (C=O) groups excluding carboxylic acids is 2. The first kappa shape index (κ1) is 51.6. The molecule has 312 valence electrons. The Morgan fingerprint density at radius 1 is 0.556 bits per heavy atom. The molecular weight excluding hydrogens is 671 g/mol. The highest BCUT2D eigenvalue weighted by Gasteiger charge is 2.24. The Morgan fingerprint density at radius 2 is 0.981 bits per heavy atom. The van der Waals surface area contributed by atoms with Crippen LogP contribution in [0.3, 0.4) is 0 Å². The lowest BCUT2D eigenvalue weighted by atomic mass is 10.0. The summed E-state index contributed by atoms with van der Waals surface area (Å²) in [7, 11) is 0. The van der Waals surface area contributed by atoms with Crippen molar-refractivity contribution in [2.24, 2.45) is 0 Å². The van der Waals surface area contributed by atoms with Gasteiger partial charge in [-0.05, 0) is 38.5 Å². The number of esters is 1. The fraction of sp³-hybridized carbons (Fsp3) is 0.750. The molecule has 3 unspecified atom stereocenters. The second-order valence-corrected chi connectivity index (χ2v) is 15.2. The van der Waals surface area contributed by atoms with Crippen molar-refractivity contribution in [3.8, 4) is 0 Å². The molecule has 3 atom stereocenters. The van der Waals surface area contributed by atoms with Crippen LogP contribution in [0.5, 0.6) is 0 Å². The molecule has 54 heavy (non-hydrogen) atoms. The summed E-state index contributed by atoms with van der Waals surface area (Å²) in [5.41, 5.74) is 0. The minimum Gasteiger partial charge on any atom is -0.462 e. The molecule has 0 saturated carbocycles. The first-order chi connectivity index (χ1) is 26.5. The molecule has 0 bridgehead atoms. The summed E-state index contributed by atoms with van der Waals surface area (Å²) in [6.45, 7) is 6.29. The molecule has 3 N–H and O–H groups in total. The molecule has 0 radical (unpaired) electrons. The van der Waals surface area contributed by atoms with Crippen LogP contribution in [0.1, 0.15) is 207 Å². The molecule has 0 aromatic heterocycles. The van der Waals surface area contributed by atoms with Crippen LogP contribution in [0, 0.1) is 0 Å². The van der Waals surface area contributed by atoms with Crippen LogP contribution in [-0.2, 0) is 14.3 Å². The first-order valence-corrected chi connectivity index (χ1v) is 22.6. The van der Waals surface area contributed by atoms with Gasteiger partial charge in [0.1, 0.15) is 6.10 Å². The Kier molecular flexibility index (Phi) is 39.8. The van der Waals surface area contributed by atoms with Crippen LogP contribution in [0.15, 0.2) is 60.8 Å². The average Bonchev–Trinajstić information content (AvgIpc) is 3.16. The number of hydrogen-bond donors (Lipinski definition) is 3. The van der Waals surface area contributed by atoms with E-state index in [1.54, 1.807) is 0 Å². The Hall–Kier alpha value is -2.44. The van der Waals surface area contributed by atoms with E-state index in [-0.39, 0.29) is 24.9 Å². The smallest absolute Gasteiger partial charge is 0.306 e. The topological polar surface area (TPSA) is 95.9 Å². The Balaban J connectivity index is 4.68. The molecule has 0 aliphatic carbocycles. The fourth-order valence-corrected chi connectivity index (χ4v) is 6.58. The van der Waals surface area contributed by atoms with Gasteiger partial charge in [-0.25, -0.2) is 0 Å². The van der Waals surface area contributed by atoms with E-state index in [1.165, 1.54) is 103 Å². The number of nitrogens with one attached hydrogen (secondary N) is 1. The summed E-state index contributed by atoms with van der Waals surface area (Å²) in [4.78, 5) is 25.9. The maximum absolute atomic E-state index is 13.1. The zero-order valence-electron chi connectivity index (χ0n) is 35.3. The number of carbonyl (C=O) groups is 2. The van der Waals surface area contributed by atoms with Gasteiger partial charge in [0.05, 0.1) is 25.2 Å². The Bertz CT molecular complexity index is 984. The van der Waals surface area contributed by atoms with Gasteiger partial charge < -0.3 is 20.3 Å². The summed E-state index contributed by atoms with van der Waals surface area (Å²) in [6.07, 6.45) is 50.0. The summed E-state index contributed by atoms with van der Waals surface area (Å²) in [5.74, 6) is -0.564. The van der Waals surface area contributed by atoms with Gasteiger partial charge in [-0.3, -0.25) is 9.59 Å². The van der Waals surface area contributed by atoms with Crippen LogP contribution < -0.4 is 5.32 Å². The predicted octanol–water partition coefficient (Wildman–Crippen LogP) is 12.9. The first-order valence-electron chi connectivity index (χ1n) is 22.6. The lowest BCUT2D eigenvalue weighted by Gasteiger charge is -2.24. The zero-order chi connectivity index (χ0) is 39.6. The number of amides is 1. The Morgan fingerprint density at radius 3 is 1.44 bits per heavy atom. The second-order valence-electron chi connectivity index (χ2n) is 15.2. The van der Waals surface area contributed by atoms with Crippen molar-refractivity contribution in [1.82, 2.24) is 5.32 Å². The third-order valence-electron chi connectivity index (χ3n) is 9.99. The second kappa shape index (κ2) is 41.7. The van der Waals surface area contributed by atoms with Crippen molar-refractivity contribution in [2.45, 2.75) is 225 Å². The summed E-state index contributed by atoms with van der Waals surface area (Å²) >= 11 is 0. The number of hydrogen-bond acceptors (Lipinski definition) is 5. The molecule has 0 aliphatic rings. The summed E-state index contributed by atoms with van der Waals surface area (Å²) in [5, 5.41) is 23.6. The van der Waals surface area contributed by atoms with Gasteiger partial charge in [0.15, 0.2) is 0 Å². The number of aliphatic hydroxyl groups excluding tert-OH is 2. The number of ether oxygens (including phenoxy) is 1. The molecule has 0 heterocycles. The van der Waals surface area contributed by atoms with E-state index in [4.69, 9.17) is 4.74 Å². The van der Waals surface area contributed by atoms with Gasteiger partial charge in [0.2, 0.25) is 5.91 Å². The van der Waals surface area contributed by atoms with E-state index in [9.17, 15) is 19.8 Å². The standard InChI is InChI=1S/C48H85NO5/c1-4-7-10-13-16-19-22-24-26-29-32-35-38-41-48(53)54-44(39-36-33-30-27-21-18-15-12-9-6-3)42-47(52)49-45(43-50)46(51)40-37-34-31-28-25-23-20-17-14-11-8-5-2/h7,10,13,16,19,22,24,26,29,32,44-46,50-51H,4-6,8-9,11-12,14-15,17-18,20-21,23,25,27-28,30-31,33-43H2,1-3H3,(H,49,52)/b10-7+,16-13+,22-19-,26-24-,32-29+. The van der Waals surface area contributed by atoms with E-state index >= 15 is 0 Å². The molecule has 0 rings (SSSR count). The van der Waals surface area contributed by atoms with Crippen molar-refractivity contribution in [3.05, 3.63) is 60.8 Å². The van der Waals surface area contributed by atoms with E-state index in [1.807, 2.05) is 54.7 Å². The van der Waals surface area contributed by atoms with Gasteiger partial charge >= 0.3 is 5.97 Å². The number of unbranched alkanes of at least 4 members (excludes halogenated alkanes) is 21. The molecule has 0 spiro atoms.